The third-order valence-electron chi connectivity index (χ3n) is 1.31. The Hall–Kier alpha value is -0.490. The maximum Gasteiger partial charge on any atom is 0.122 e. The van der Waals surface area contributed by atoms with Crippen molar-refractivity contribution in [3.05, 3.63) is 0 Å². The van der Waals surface area contributed by atoms with Crippen LogP contribution in [-0.4, -0.2) is 51.6 Å². The quantitative estimate of drug-likeness (QED) is 0.341. The zero-order chi connectivity index (χ0) is 8.85. The lowest BCUT2D eigenvalue weighted by atomic mass is 10.1. The van der Waals surface area contributed by atoms with Gasteiger partial charge >= 0.3 is 0 Å². The summed E-state index contributed by atoms with van der Waals surface area (Å²) in [5.41, 5.74) is 0. The highest BCUT2D eigenvalue weighted by molar-refractivity contribution is 5.50. The summed E-state index contributed by atoms with van der Waals surface area (Å²) in [5, 5.41) is 34.8. The molecule has 11 heavy (non-hydrogen) atoms. The van der Waals surface area contributed by atoms with E-state index < -0.39 is 24.9 Å². The van der Waals surface area contributed by atoms with Gasteiger partial charge in [0.15, 0.2) is 0 Å². The summed E-state index contributed by atoms with van der Waals surface area (Å²) in [6, 6.07) is 0. The Morgan fingerprint density at radius 1 is 1.18 bits per heavy atom. The Bertz CT molecular complexity index is 116. The largest absolute Gasteiger partial charge is 0.394 e. The first kappa shape index (κ1) is 10.5. The Labute approximate surface area is 63.9 Å². The van der Waals surface area contributed by atoms with Crippen molar-refractivity contribution >= 4 is 6.29 Å². The van der Waals surface area contributed by atoms with E-state index in [9.17, 15) is 4.79 Å². The first-order valence-corrected chi connectivity index (χ1v) is 3.22. The molecule has 4 N–H and O–H groups in total. The molecule has 0 aliphatic heterocycles. The normalized spacial score (nSPS) is 18.9. The molecule has 3 unspecified atom stereocenters. The fourth-order valence-corrected chi connectivity index (χ4v) is 0.602. The smallest absolute Gasteiger partial charge is 0.122 e. The van der Waals surface area contributed by atoms with Crippen molar-refractivity contribution in [3.8, 4) is 0 Å². The van der Waals surface area contributed by atoms with Gasteiger partial charge in [0.2, 0.25) is 0 Å². The van der Waals surface area contributed by atoms with Crippen molar-refractivity contribution in [3.63, 3.8) is 0 Å². The number of aldehydes is 1. The summed E-state index contributed by atoms with van der Waals surface area (Å²) in [7, 11) is 0. The lowest BCUT2D eigenvalue weighted by Gasteiger charge is -2.19. The van der Waals surface area contributed by atoms with E-state index in [0.717, 1.165) is 0 Å². The molecule has 0 bridgehead atoms. The lowest BCUT2D eigenvalue weighted by molar-refractivity contribution is -0.115. The molecule has 0 fully saturated rings. The number of aliphatic hydroxyl groups excluding tert-OH is 4. The number of carbonyl (C=O) groups excluding carboxylic acids is 1. The van der Waals surface area contributed by atoms with Crippen LogP contribution in [0.15, 0.2) is 0 Å². The van der Waals surface area contributed by atoms with E-state index in [1.807, 2.05) is 0 Å². The highest BCUT2D eigenvalue weighted by Crippen LogP contribution is 2.01. The van der Waals surface area contributed by atoms with E-state index in [0.29, 0.717) is 6.29 Å². The van der Waals surface area contributed by atoms with Crippen LogP contribution in [0.25, 0.3) is 0 Å². The number of carbonyl (C=O) groups is 1. The van der Waals surface area contributed by atoms with Gasteiger partial charge in [-0.2, -0.15) is 0 Å². The summed E-state index contributed by atoms with van der Waals surface area (Å²) >= 11 is 0. The van der Waals surface area contributed by atoms with Crippen LogP contribution in [-0.2, 0) is 4.79 Å². The molecular weight excluding hydrogens is 152 g/mol. The number of hydrogen-bond donors (Lipinski definition) is 4. The molecule has 0 rings (SSSR count). The molecule has 5 nitrogen and oxygen atoms in total. The Morgan fingerprint density at radius 2 is 1.73 bits per heavy atom. The van der Waals surface area contributed by atoms with Crippen molar-refractivity contribution in [2.45, 2.75) is 24.7 Å². The van der Waals surface area contributed by atoms with Gasteiger partial charge in [0.05, 0.1) is 12.7 Å². The van der Waals surface area contributed by atoms with Crippen molar-refractivity contribution in [1.29, 1.82) is 0 Å². The Balaban J connectivity index is 3.79. The van der Waals surface area contributed by atoms with E-state index in [2.05, 4.69) is 0 Å². The van der Waals surface area contributed by atoms with Gasteiger partial charge in [0.1, 0.15) is 18.5 Å². The molecule has 5 heteroatoms. The molecule has 0 saturated carbocycles. The first-order chi connectivity index (χ1) is 5.13. The van der Waals surface area contributed by atoms with Gasteiger partial charge in [0, 0.05) is 6.42 Å². The Kier molecular flexibility index (Phi) is 4.97. The van der Waals surface area contributed by atoms with Crippen LogP contribution in [0.4, 0.5) is 0 Å². The molecule has 0 aromatic rings. The topological polar surface area (TPSA) is 98.0 Å². The SMILES string of the molecule is O=CCC(O)C(O)C(O)CO. The molecule has 0 aliphatic carbocycles. The van der Waals surface area contributed by atoms with Crippen LogP contribution in [0.2, 0.25) is 0 Å². The molecule has 0 aromatic carbocycles. The molecular formula is C6H12O5. The maximum atomic E-state index is 9.82. The zero-order valence-corrected chi connectivity index (χ0v) is 5.92. The van der Waals surface area contributed by atoms with Gasteiger partial charge in [-0.3, -0.25) is 0 Å². The van der Waals surface area contributed by atoms with Gasteiger partial charge in [-0.15, -0.1) is 0 Å². The molecule has 0 aromatic heterocycles. The molecule has 0 spiro atoms. The van der Waals surface area contributed by atoms with Crippen molar-refractivity contribution in [2.24, 2.45) is 0 Å². The molecule has 0 radical (unpaired) electrons. The number of hydrogen-bond acceptors (Lipinski definition) is 5. The third kappa shape index (κ3) is 3.43. The average molecular weight is 164 g/mol. The minimum atomic E-state index is -1.47. The third-order valence-corrected chi connectivity index (χ3v) is 1.31. The lowest BCUT2D eigenvalue weighted by Crippen LogP contribution is -2.39. The fourth-order valence-electron chi connectivity index (χ4n) is 0.602. The molecule has 0 saturated heterocycles. The number of aliphatic hydroxyl groups is 4. The molecule has 0 heterocycles. The summed E-state index contributed by atoms with van der Waals surface area (Å²) in [6.45, 7) is -0.642. The van der Waals surface area contributed by atoms with E-state index in [1.165, 1.54) is 0 Å². The second-order valence-corrected chi connectivity index (χ2v) is 2.21. The van der Waals surface area contributed by atoms with Crippen LogP contribution < -0.4 is 0 Å². The van der Waals surface area contributed by atoms with Crippen LogP contribution in [0.3, 0.4) is 0 Å². The predicted molar refractivity (Wildman–Crippen MR) is 35.8 cm³/mol. The van der Waals surface area contributed by atoms with Crippen molar-refractivity contribution in [2.75, 3.05) is 6.61 Å². The minimum Gasteiger partial charge on any atom is -0.394 e. The van der Waals surface area contributed by atoms with Crippen LogP contribution in [0.1, 0.15) is 6.42 Å². The first-order valence-electron chi connectivity index (χ1n) is 3.22. The van der Waals surface area contributed by atoms with Gasteiger partial charge in [-0.25, -0.2) is 0 Å². The Morgan fingerprint density at radius 3 is 2.09 bits per heavy atom. The highest BCUT2D eigenvalue weighted by Gasteiger charge is 2.23. The van der Waals surface area contributed by atoms with E-state index >= 15 is 0 Å². The summed E-state index contributed by atoms with van der Waals surface area (Å²) in [5.74, 6) is 0. The molecule has 0 amide bonds. The van der Waals surface area contributed by atoms with Crippen LogP contribution in [0.5, 0.6) is 0 Å². The summed E-state index contributed by atoms with van der Waals surface area (Å²) in [6.07, 6.45) is -4.00. The molecule has 3 atom stereocenters. The zero-order valence-electron chi connectivity index (χ0n) is 5.92. The van der Waals surface area contributed by atoms with Crippen molar-refractivity contribution < 1.29 is 25.2 Å². The van der Waals surface area contributed by atoms with Crippen LogP contribution >= 0.6 is 0 Å². The summed E-state index contributed by atoms with van der Waals surface area (Å²) in [4.78, 5) is 9.82. The molecule has 0 aliphatic rings. The predicted octanol–water partition coefficient (Wildman–Crippen LogP) is -2.35. The van der Waals surface area contributed by atoms with Crippen molar-refractivity contribution in [1.82, 2.24) is 0 Å². The second-order valence-electron chi connectivity index (χ2n) is 2.21. The minimum absolute atomic E-state index is 0.252. The molecule has 66 valence electrons. The standard InChI is InChI=1S/C6H12O5/c7-2-1-4(9)6(11)5(10)3-8/h2,4-6,8-11H,1,3H2. The summed E-state index contributed by atoms with van der Waals surface area (Å²) < 4.78 is 0. The van der Waals surface area contributed by atoms with Crippen LogP contribution in [0, 0.1) is 0 Å². The van der Waals surface area contributed by atoms with Gasteiger partial charge in [0.25, 0.3) is 0 Å². The maximum absolute atomic E-state index is 9.82. The fraction of sp³-hybridized carbons (Fsp3) is 0.833. The average Bonchev–Trinajstić information content (AvgIpc) is 2.02. The van der Waals surface area contributed by atoms with Gasteiger partial charge in [-0.1, -0.05) is 0 Å². The van der Waals surface area contributed by atoms with E-state index in [1.54, 1.807) is 0 Å². The second kappa shape index (κ2) is 5.20. The van der Waals surface area contributed by atoms with E-state index in [4.69, 9.17) is 20.4 Å². The van der Waals surface area contributed by atoms with Gasteiger partial charge in [-0.05, 0) is 0 Å². The van der Waals surface area contributed by atoms with E-state index in [-0.39, 0.29) is 6.42 Å². The highest BCUT2D eigenvalue weighted by atomic mass is 16.4. The monoisotopic (exact) mass is 164 g/mol. The van der Waals surface area contributed by atoms with Gasteiger partial charge < -0.3 is 25.2 Å². The number of rotatable bonds is 5.